The van der Waals surface area contributed by atoms with E-state index in [0.717, 1.165) is 18.4 Å². The van der Waals surface area contributed by atoms with Crippen molar-refractivity contribution in [1.82, 2.24) is 10.1 Å². The minimum absolute atomic E-state index is 0.000515. The molecule has 6 heteroatoms. The van der Waals surface area contributed by atoms with Crippen LogP contribution in [0.2, 0.25) is 0 Å². The van der Waals surface area contributed by atoms with Gasteiger partial charge < -0.3 is 19.3 Å². The molecule has 1 saturated heterocycles. The van der Waals surface area contributed by atoms with Crippen LogP contribution in [0.25, 0.3) is 0 Å². The van der Waals surface area contributed by atoms with Gasteiger partial charge in [0.25, 0.3) is 11.8 Å². The molecule has 1 amide bonds. The number of nitrogens with zero attached hydrogens (tertiary/aromatic N) is 2. The molecule has 1 aliphatic rings. The van der Waals surface area contributed by atoms with Crippen LogP contribution in [-0.4, -0.2) is 47.9 Å². The number of amides is 1. The van der Waals surface area contributed by atoms with Crippen LogP contribution in [0, 0.1) is 0 Å². The van der Waals surface area contributed by atoms with E-state index in [2.05, 4.69) is 5.16 Å². The van der Waals surface area contributed by atoms with E-state index in [-0.39, 0.29) is 24.2 Å². The highest BCUT2D eigenvalue weighted by atomic mass is 16.5. The maximum atomic E-state index is 12.6. The largest absolute Gasteiger partial charge is 0.479 e. The Kier molecular flexibility index (Phi) is 4.34. The summed E-state index contributed by atoms with van der Waals surface area (Å²) in [5.41, 5.74) is 0.620. The standard InChI is InChI=1S/C17H20N2O4/c1-22-15-10-14(23-18-15)16(21)19-9-5-8-17(11-19,12-20)13-6-3-2-4-7-13/h2-4,6-7,10,20H,5,8-9,11-12H2,1H3. The van der Waals surface area contributed by atoms with Gasteiger partial charge >= 0.3 is 0 Å². The van der Waals surface area contributed by atoms with Crippen molar-refractivity contribution in [3.05, 3.63) is 47.7 Å². The van der Waals surface area contributed by atoms with Gasteiger partial charge in [-0.1, -0.05) is 30.3 Å². The van der Waals surface area contributed by atoms with Crippen molar-refractivity contribution < 1.29 is 19.2 Å². The van der Waals surface area contributed by atoms with Crippen molar-refractivity contribution in [2.45, 2.75) is 18.3 Å². The summed E-state index contributed by atoms with van der Waals surface area (Å²) in [6.07, 6.45) is 1.67. The molecule has 0 spiro atoms. The van der Waals surface area contributed by atoms with Crippen molar-refractivity contribution in [3.8, 4) is 5.88 Å². The molecule has 0 bridgehead atoms. The highest BCUT2D eigenvalue weighted by molar-refractivity contribution is 5.91. The Morgan fingerprint density at radius 3 is 2.87 bits per heavy atom. The zero-order valence-electron chi connectivity index (χ0n) is 13.1. The summed E-state index contributed by atoms with van der Waals surface area (Å²) in [6.45, 7) is 1.09. The summed E-state index contributed by atoms with van der Waals surface area (Å²) < 4.78 is 10.00. The molecule has 6 nitrogen and oxygen atoms in total. The first-order chi connectivity index (χ1) is 11.2. The number of carbonyl (C=O) groups excluding carboxylic acids is 1. The molecule has 2 heterocycles. The van der Waals surface area contributed by atoms with E-state index < -0.39 is 5.41 Å². The second-order valence-corrected chi connectivity index (χ2v) is 5.87. The number of hydrogen-bond donors (Lipinski definition) is 1. The Hall–Kier alpha value is -2.34. The van der Waals surface area contributed by atoms with Crippen molar-refractivity contribution in [1.29, 1.82) is 0 Å². The van der Waals surface area contributed by atoms with E-state index in [1.807, 2.05) is 30.3 Å². The van der Waals surface area contributed by atoms with Gasteiger partial charge in [0.1, 0.15) is 0 Å². The number of ether oxygens (including phenoxy) is 1. The molecule has 0 radical (unpaired) electrons. The van der Waals surface area contributed by atoms with Crippen LogP contribution in [0.3, 0.4) is 0 Å². The first-order valence-electron chi connectivity index (χ1n) is 7.65. The number of benzene rings is 1. The Morgan fingerprint density at radius 1 is 1.43 bits per heavy atom. The van der Waals surface area contributed by atoms with Crippen molar-refractivity contribution in [3.63, 3.8) is 0 Å². The summed E-state index contributed by atoms with van der Waals surface area (Å²) in [4.78, 5) is 14.3. The number of likely N-dealkylation sites (tertiary alicyclic amines) is 1. The first-order valence-corrected chi connectivity index (χ1v) is 7.65. The smallest absolute Gasteiger partial charge is 0.292 e. The Balaban J connectivity index is 1.83. The molecule has 1 aromatic carbocycles. The van der Waals surface area contributed by atoms with Gasteiger partial charge in [-0.2, -0.15) is 0 Å². The van der Waals surface area contributed by atoms with Gasteiger partial charge in [-0.15, -0.1) is 0 Å². The van der Waals surface area contributed by atoms with E-state index >= 15 is 0 Å². The predicted octanol–water partition coefficient (Wildman–Crippen LogP) is 1.85. The molecule has 1 unspecified atom stereocenters. The van der Waals surface area contributed by atoms with Crippen LogP contribution in [0.5, 0.6) is 5.88 Å². The summed E-state index contributed by atoms with van der Waals surface area (Å²) in [7, 11) is 1.47. The van der Waals surface area contributed by atoms with Crippen LogP contribution >= 0.6 is 0 Å². The third-order valence-corrected chi connectivity index (χ3v) is 4.46. The lowest BCUT2D eigenvalue weighted by Gasteiger charge is -2.41. The molecule has 23 heavy (non-hydrogen) atoms. The minimum atomic E-state index is -0.431. The highest BCUT2D eigenvalue weighted by Gasteiger charge is 2.39. The summed E-state index contributed by atoms with van der Waals surface area (Å²) in [5.74, 6) is 0.208. The third-order valence-electron chi connectivity index (χ3n) is 4.46. The number of rotatable bonds is 4. The maximum absolute atomic E-state index is 12.6. The lowest BCUT2D eigenvalue weighted by molar-refractivity contribution is 0.0506. The number of piperidine rings is 1. The van der Waals surface area contributed by atoms with E-state index in [1.165, 1.54) is 13.2 Å². The van der Waals surface area contributed by atoms with Crippen LogP contribution in [0.4, 0.5) is 0 Å². The number of aliphatic hydroxyl groups excluding tert-OH is 1. The quantitative estimate of drug-likeness (QED) is 0.931. The van der Waals surface area contributed by atoms with Crippen molar-refractivity contribution in [2.24, 2.45) is 0 Å². The van der Waals surface area contributed by atoms with E-state index in [9.17, 15) is 9.90 Å². The number of methoxy groups -OCH3 is 1. The number of carbonyl (C=O) groups is 1. The van der Waals surface area contributed by atoms with Crippen LogP contribution in [-0.2, 0) is 5.41 Å². The monoisotopic (exact) mass is 316 g/mol. The molecule has 1 fully saturated rings. The van der Waals surface area contributed by atoms with Gasteiger partial charge in [-0.25, -0.2) is 0 Å². The zero-order chi connectivity index (χ0) is 16.3. The van der Waals surface area contributed by atoms with Crippen molar-refractivity contribution >= 4 is 5.91 Å². The van der Waals surface area contributed by atoms with E-state index in [1.54, 1.807) is 4.90 Å². The number of aliphatic hydroxyl groups is 1. The number of aromatic nitrogens is 1. The van der Waals surface area contributed by atoms with Crippen molar-refractivity contribution in [2.75, 3.05) is 26.8 Å². The van der Waals surface area contributed by atoms with Gasteiger partial charge in [-0.05, 0) is 23.6 Å². The first kappa shape index (κ1) is 15.6. The molecule has 122 valence electrons. The molecule has 0 saturated carbocycles. The fourth-order valence-corrected chi connectivity index (χ4v) is 3.16. The Bertz CT molecular complexity index is 670. The Labute approximate surface area is 134 Å². The van der Waals surface area contributed by atoms with Gasteiger partial charge in [0.15, 0.2) is 0 Å². The van der Waals surface area contributed by atoms with Gasteiger partial charge in [0.2, 0.25) is 5.76 Å². The normalized spacial score (nSPS) is 21.2. The molecule has 3 rings (SSSR count). The molecular weight excluding hydrogens is 296 g/mol. The molecule has 1 aliphatic heterocycles. The molecule has 2 aromatic rings. The topological polar surface area (TPSA) is 75.8 Å². The fraction of sp³-hybridized carbons (Fsp3) is 0.412. The predicted molar refractivity (Wildman–Crippen MR) is 83.4 cm³/mol. The summed E-state index contributed by atoms with van der Waals surface area (Å²) in [6, 6.07) is 11.3. The Morgan fingerprint density at radius 2 is 2.22 bits per heavy atom. The average molecular weight is 316 g/mol. The van der Waals surface area contributed by atoms with E-state index in [4.69, 9.17) is 9.26 Å². The molecular formula is C17H20N2O4. The average Bonchev–Trinajstić information content (AvgIpc) is 3.11. The lowest BCUT2D eigenvalue weighted by atomic mass is 9.74. The molecule has 0 aliphatic carbocycles. The fourth-order valence-electron chi connectivity index (χ4n) is 3.16. The lowest BCUT2D eigenvalue weighted by Crippen LogP contribution is -2.50. The molecule has 1 aromatic heterocycles. The van der Waals surface area contributed by atoms with Gasteiger partial charge in [-0.3, -0.25) is 4.79 Å². The SMILES string of the molecule is COc1cc(C(=O)N2CCCC(CO)(c3ccccc3)C2)on1. The van der Waals surface area contributed by atoms with Gasteiger partial charge in [0.05, 0.1) is 19.8 Å². The molecule has 1 N–H and O–H groups in total. The second-order valence-electron chi connectivity index (χ2n) is 5.87. The van der Waals surface area contributed by atoms with E-state index in [0.29, 0.717) is 13.1 Å². The maximum Gasteiger partial charge on any atom is 0.292 e. The van der Waals surface area contributed by atoms with Crippen LogP contribution < -0.4 is 4.74 Å². The van der Waals surface area contributed by atoms with Crippen LogP contribution in [0.15, 0.2) is 40.9 Å². The third kappa shape index (κ3) is 2.94. The molecule has 1 atom stereocenters. The summed E-state index contributed by atoms with van der Waals surface area (Å²) in [5, 5.41) is 13.7. The van der Waals surface area contributed by atoms with Crippen LogP contribution in [0.1, 0.15) is 29.0 Å². The minimum Gasteiger partial charge on any atom is -0.479 e. The highest BCUT2D eigenvalue weighted by Crippen LogP contribution is 2.34. The van der Waals surface area contributed by atoms with Gasteiger partial charge in [0, 0.05) is 18.5 Å². The zero-order valence-corrected chi connectivity index (χ0v) is 13.1. The second kappa shape index (κ2) is 6.42. The number of hydrogen-bond acceptors (Lipinski definition) is 5. The summed E-state index contributed by atoms with van der Waals surface area (Å²) >= 11 is 0.